The number of nitrogens with zero attached hydrogens (tertiary/aromatic N) is 5. The molecule has 0 saturated carbocycles. The van der Waals surface area contributed by atoms with Gasteiger partial charge < -0.3 is 5.73 Å². The number of benzene rings is 1. The number of rotatable bonds is 5. The fraction of sp³-hybridized carbons (Fsp3) is 0.267. The lowest BCUT2D eigenvalue weighted by molar-refractivity contribution is 0.601. The Balaban J connectivity index is 1.82. The van der Waals surface area contributed by atoms with Crippen molar-refractivity contribution in [1.82, 2.24) is 24.8 Å². The monoisotopic (exact) mass is 282 g/mol. The van der Waals surface area contributed by atoms with Crippen LogP contribution in [0.3, 0.4) is 0 Å². The predicted octanol–water partition coefficient (Wildman–Crippen LogP) is 1.92. The second-order valence-corrected chi connectivity index (χ2v) is 4.91. The predicted molar refractivity (Wildman–Crippen MR) is 79.9 cm³/mol. The molecule has 0 saturated heterocycles. The molecule has 3 aromatic rings. The highest BCUT2D eigenvalue weighted by molar-refractivity contribution is 5.29. The van der Waals surface area contributed by atoms with Crippen molar-refractivity contribution in [3.05, 3.63) is 60.2 Å². The lowest BCUT2D eigenvalue weighted by atomic mass is 10.1. The molecule has 0 spiro atoms. The van der Waals surface area contributed by atoms with Crippen molar-refractivity contribution in [3.8, 4) is 5.69 Å². The lowest BCUT2D eigenvalue weighted by Crippen LogP contribution is -2.12. The van der Waals surface area contributed by atoms with E-state index in [1.807, 2.05) is 41.2 Å². The highest BCUT2D eigenvalue weighted by Gasteiger charge is 2.15. The molecule has 2 aromatic heterocycles. The molecule has 0 aliphatic carbocycles. The van der Waals surface area contributed by atoms with E-state index >= 15 is 0 Å². The van der Waals surface area contributed by atoms with E-state index in [-0.39, 0.29) is 6.04 Å². The first-order valence-electron chi connectivity index (χ1n) is 7.03. The third-order valence-electron chi connectivity index (χ3n) is 3.28. The molecule has 1 unspecified atom stereocenters. The van der Waals surface area contributed by atoms with E-state index in [0.29, 0.717) is 0 Å². The number of para-hydroxylation sites is 1. The van der Waals surface area contributed by atoms with Crippen LogP contribution in [0.5, 0.6) is 0 Å². The smallest absolute Gasteiger partial charge is 0.104 e. The molecular weight excluding hydrogens is 264 g/mol. The van der Waals surface area contributed by atoms with Crippen molar-refractivity contribution >= 4 is 0 Å². The minimum absolute atomic E-state index is 0.312. The first-order valence-corrected chi connectivity index (χ1v) is 7.03. The van der Waals surface area contributed by atoms with Gasteiger partial charge in [-0.15, -0.1) is 0 Å². The molecule has 1 aromatic carbocycles. The topological polar surface area (TPSA) is 74.6 Å². The van der Waals surface area contributed by atoms with Gasteiger partial charge in [0.15, 0.2) is 0 Å². The summed E-state index contributed by atoms with van der Waals surface area (Å²) in [6, 6.07) is 9.46. The zero-order chi connectivity index (χ0) is 14.7. The maximum atomic E-state index is 6.25. The van der Waals surface area contributed by atoms with Gasteiger partial charge in [0.25, 0.3) is 0 Å². The summed E-state index contributed by atoms with van der Waals surface area (Å²) in [5, 5.41) is 13.0. The van der Waals surface area contributed by atoms with E-state index in [1.165, 1.54) is 0 Å². The van der Waals surface area contributed by atoms with Gasteiger partial charge in [0.1, 0.15) is 5.69 Å². The van der Waals surface area contributed by atoms with Crippen LogP contribution in [0.4, 0.5) is 0 Å². The molecule has 0 bridgehead atoms. The van der Waals surface area contributed by atoms with Crippen LogP contribution in [-0.4, -0.2) is 24.8 Å². The maximum Gasteiger partial charge on any atom is 0.104 e. The third-order valence-corrected chi connectivity index (χ3v) is 3.28. The molecular formula is C15H18N6. The standard InChI is InChI=1S/C15H18N6/c1-2-8-20-11-12(9-17-20)15(16)14-10-18-21(19-14)13-6-4-3-5-7-13/h3-7,9-11,15H,2,8,16H2,1H3. The molecule has 108 valence electrons. The van der Waals surface area contributed by atoms with Crippen molar-refractivity contribution in [2.75, 3.05) is 0 Å². The summed E-state index contributed by atoms with van der Waals surface area (Å²) in [5.41, 5.74) is 8.84. The van der Waals surface area contributed by atoms with E-state index in [4.69, 9.17) is 5.73 Å². The van der Waals surface area contributed by atoms with Gasteiger partial charge in [0.2, 0.25) is 0 Å². The highest BCUT2D eigenvalue weighted by Crippen LogP contribution is 2.17. The Bertz CT molecular complexity index is 700. The molecule has 0 amide bonds. The summed E-state index contributed by atoms with van der Waals surface area (Å²) in [7, 11) is 0. The summed E-state index contributed by atoms with van der Waals surface area (Å²) < 4.78 is 1.90. The van der Waals surface area contributed by atoms with E-state index in [9.17, 15) is 0 Å². The maximum absolute atomic E-state index is 6.25. The van der Waals surface area contributed by atoms with Crippen LogP contribution in [0, 0.1) is 0 Å². The van der Waals surface area contributed by atoms with Crippen LogP contribution in [0.2, 0.25) is 0 Å². The number of aromatic nitrogens is 5. The Hall–Kier alpha value is -2.47. The average molecular weight is 282 g/mol. The summed E-state index contributed by atoms with van der Waals surface area (Å²) >= 11 is 0. The molecule has 2 heterocycles. The SMILES string of the molecule is CCCn1cc(C(N)c2cnn(-c3ccccc3)n2)cn1. The summed E-state index contributed by atoms with van der Waals surface area (Å²) in [5.74, 6) is 0. The lowest BCUT2D eigenvalue weighted by Gasteiger charge is -2.04. The normalized spacial score (nSPS) is 12.5. The average Bonchev–Trinajstić information content (AvgIpc) is 3.17. The molecule has 6 nitrogen and oxygen atoms in total. The number of hydrogen-bond donors (Lipinski definition) is 1. The Morgan fingerprint density at radius 3 is 2.71 bits per heavy atom. The summed E-state index contributed by atoms with van der Waals surface area (Å²) in [6.07, 6.45) is 6.51. The minimum atomic E-state index is -0.312. The van der Waals surface area contributed by atoms with E-state index < -0.39 is 0 Å². The zero-order valence-corrected chi connectivity index (χ0v) is 11.9. The number of nitrogens with two attached hydrogens (primary N) is 1. The second-order valence-electron chi connectivity index (χ2n) is 4.91. The largest absolute Gasteiger partial charge is 0.319 e. The summed E-state index contributed by atoms with van der Waals surface area (Å²) in [6.45, 7) is 3.01. The third kappa shape index (κ3) is 2.85. The van der Waals surface area contributed by atoms with Gasteiger partial charge in [0, 0.05) is 18.3 Å². The van der Waals surface area contributed by atoms with Crippen molar-refractivity contribution < 1.29 is 0 Å². The number of hydrogen-bond acceptors (Lipinski definition) is 4. The van der Waals surface area contributed by atoms with Gasteiger partial charge in [0.05, 0.1) is 24.1 Å². The molecule has 21 heavy (non-hydrogen) atoms. The Kier molecular flexibility index (Phi) is 3.79. The van der Waals surface area contributed by atoms with Crippen molar-refractivity contribution in [3.63, 3.8) is 0 Å². The molecule has 6 heteroatoms. The molecule has 2 N–H and O–H groups in total. The Morgan fingerprint density at radius 1 is 1.14 bits per heavy atom. The Morgan fingerprint density at radius 2 is 1.95 bits per heavy atom. The van der Waals surface area contributed by atoms with Crippen molar-refractivity contribution in [2.45, 2.75) is 25.9 Å². The van der Waals surface area contributed by atoms with Gasteiger partial charge >= 0.3 is 0 Å². The van der Waals surface area contributed by atoms with Crippen molar-refractivity contribution in [1.29, 1.82) is 0 Å². The molecule has 1 atom stereocenters. The van der Waals surface area contributed by atoms with Crippen LogP contribution in [0.1, 0.15) is 30.6 Å². The zero-order valence-electron chi connectivity index (χ0n) is 11.9. The number of aryl methyl sites for hydroxylation is 1. The van der Waals surface area contributed by atoms with Gasteiger partial charge in [-0.2, -0.15) is 20.1 Å². The minimum Gasteiger partial charge on any atom is -0.319 e. The molecule has 0 fully saturated rings. The fourth-order valence-corrected chi connectivity index (χ4v) is 2.17. The molecule has 3 rings (SSSR count). The quantitative estimate of drug-likeness (QED) is 0.776. The van der Waals surface area contributed by atoms with Crippen LogP contribution < -0.4 is 5.73 Å². The van der Waals surface area contributed by atoms with E-state index in [2.05, 4.69) is 22.2 Å². The van der Waals surface area contributed by atoms with Crippen LogP contribution >= 0.6 is 0 Å². The van der Waals surface area contributed by atoms with Gasteiger partial charge in [-0.1, -0.05) is 25.1 Å². The van der Waals surface area contributed by atoms with Gasteiger partial charge in [-0.3, -0.25) is 4.68 Å². The highest BCUT2D eigenvalue weighted by atomic mass is 15.5. The van der Waals surface area contributed by atoms with Crippen molar-refractivity contribution in [2.24, 2.45) is 5.73 Å². The van der Waals surface area contributed by atoms with Gasteiger partial charge in [-0.05, 0) is 18.6 Å². The van der Waals surface area contributed by atoms with E-state index in [1.54, 1.807) is 17.2 Å². The van der Waals surface area contributed by atoms with Gasteiger partial charge in [-0.25, -0.2) is 0 Å². The van der Waals surface area contributed by atoms with Crippen LogP contribution in [0.15, 0.2) is 48.9 Å². The summed E-state index contributed by atoms with van der Waals surface area (Å²) in [4.78, 5) is 1.59. The second kappa shape index (κ2) is 5.88. The molecule has 0 aliphatic heterocycles. The first-order chi connectivity index (χ1) is 10.3. The fourth-order valence-electron chi connectivity index (χ4n) is 2.17. The van der Waals surface area contributed by atoms with Crippen LogP contribution in [-0.2, 0) is 6.54 Å². The molecule has 0 aliphatic rings. The molecule has 0 radical (unpaired) electrons. The first kappa shape index (κ1) is 13.5. The van der Waals surface area contributed by atoms with E-state index in [0.717, 1.165) is 29.9 Å². The Labute approximate surface area is 123 Å². The van der Waals surface area contributed by atoms with Crippen LogP contribution in [0.25, 0.3) is 5.69 Å².